The van der Waals surface area contributed by atoms with Crippen molar-refractivity contribution < 1.29 is 0 Å². The Labute approximate surface area is 129 Å². The first-order chi connectivity index (χ1) is 10.1. The normalized spacial score (nSPS) is 16.4. The van der Waals surface area contributed by atoms with Gasteiger partial charge in [0.05, 0.1) is 12.2 Å². The zero-order valence-corrected chi connectivity index (χ0v) is 13.9. The van der Waals surface area contributed by atoms with Gasteiger partial charge in [-0.05, 0) is 38.3 Å². The minimum Gasteiger partial charge on any atom is -0.311 e. The first-order valence-electron chi connectivity index (χ1n) is 8.41. The first kappa shape index (κ1) is 16.4. The molecular formula is C16H31N5. The molecule has 0 unspecified atom stereocenters. The predicted octanol–water partition coefficient (Wildman–Crippen LogP) is 2.15. The lowest BCUT2D eigenvalue weighted by Gasteiger charge is -2.20. The largest absolute Gasteiger partial charge is 0.311 e. The highest BCUT2D eigenvalue weighted by Crippen LogP contribution is 2.24. The van der Waals surface area contributed by atoms with Crippen LogP contribution in [0.4, 0.5) is 0 Å². The monoisotopic (exact) mass is 293 g/mol. The molecule has 21 heavy (non-hydrogen) atoms. The second-order valence-corrected chi connectivity index (χ2v) is 6.91. The fourth-order valence-corrected chi connectivity index (χ4v) is 3.02. The molecule has 5 heteroatoms. The Bertz CT molecular complexity index is 395. The van der Waals surface area contributed by atoms with Crippen LogP contribution in [0.1, 0.15) is 45.2 Å². The van der Waals surface area contributed by atoms with Crippen LogP contribution in [0, 0.1) is 11.8 Å². The van der Waals surface area contributed by atoms with Crippen LogP contribution in [0.3, 0.4) is 0 Å². The number of nitrogens with zero attached hydrogens (tertiary/aromatic N) is 4. The zero-order chi connectivity index (χ0) is 15.1. The molecule has 1 heterocycles. The summed E-state index contributed by atoms with van der Waals surface area (Å²) in [5.41, 5.74) is 1.04. The topological polar surface area (TPSA) is 46.0 Å². The molecule has 0 spiro atoms. The number of hydrogen-bond donors (Lipinski definition) is 1. The predicted molar refractivity (Wildman–Crippen MR) is 86.0 cm³/mol. The second kappa shape index (κ2) is 8.49. The maximum absolute atomic E-state index is 4.23. The van der Waals surface area contributed by atoms with Crippen molar-refractivity contribution in [2.45, 2.75) is 52.6 Å². The molecule has 1 aromatic rings. The molecule has 0 saturated heterocycles. The smallest absolute Gasteiger partial charge is 0.0964 e. The third kappa shape index (κ3) is 6.14. The molecule has 5 nitrogen and oxygen atoms in total. The van der Waals surface area contributed by atoms with Crippen molar-refractivity contribution in [2.24, 2.45) is 11.8 Å². The van der Waals surface area contributed by atoms with Crippen LogP contribution in [-0.2, 0) is 13.1 Å². The highest BCUT2D eigenvalue weighted by Gasteiger charge is 2.16. The number of hydrogen-bond acceptors (Lipinski definition) is 4. The van der Waals surface area contributed by atoms with Crippen LogP contribution in [-0.4, -0.2) is 46.6 Å². The van der Waals surface area contributed by atoms with Gasteiger partial charge in [-0.2, -0.15) is 0 Å². The fourth-order valence-electron chi connectivity index (χ4n) is 3.02. The molecule has 1 aromatic heterocycles. The van der Waals surface area contributed by atoms with Crippen LogP contribution < -0.4 is 5.32 Å². The van der Waals surface area contributed by atoms with Crippen molar-refractivity contribution in [2.75, 3.05) is 26.7 Å². The second-order valence-electron chi connectivity index (χ2n) is 6.91. The summed E-state index contributed by atoms with van der Waals surface area (Å²) in [6, 6.07) is 0. The zero-order valence-electron chi connectivity index (χ0n) is 13.9. The molecular weight excluding hydrogens is 262 g/mol. The Morgan fingerprint density at radius 1 is 1.38 bits per heavy atom. The Balaban J connectivity index is 1.64. The van der Waals surface area contributed by atoms with Crippen molar-refractivity contribution >= 4 is 0 Å². The molecule has 1 fully saturated rings. The van der Waals surface area contributed by atoms with E-state index >= 15 is 0 Å². The Morgan fingerprint density at radius 3 is 2.86 bits per heavy atom. The molecule has 0 bridgehead atoms. The summed E-state index contributed by atoms with van der Waals surface area (Å²) >= 11 is 0. The van der Waals surface area contributed by atoms with Crippen LogP contribution in [0.2, 0.25) is 0 Å². The SMILES string of the molecule is CC(C)CNCc1cn(CCN(C)CC2CCCC2)nn1. The summed E-state index contributed by atoms with van der Waals surface area (Å²) in [4.78, 5) is 2.44. The van der Waals surface area contributed by atoms with Gasteiger partial charge in [-0.3, -0.25) is 4.68 Å². The molecule has 0 amide bonds. The van der Waals surface area contributed by atoms with Crippen LogP contribution in [0.25, 0.3) is 0 Å². The molecule has 1 aliphatic carbocycles. The minimum atomic E-state index is 0.671. The van der Waals surface area contributed by atoms with Crippen LogP contribution >= 0.6 is 0 Å². The van der Waals surface area contributed by atoms with E-state index in [-0.39, 0.29) is 0 Å². The van der Waals surface area contributed by atoms with Gasteiger partial charge in [0.1, 0.15) is 0 Å². The van der Waals surface area contributed by atoms with Crippen molar-refractivity contribution in [1.82, 2.24) is 25.2 Å². The van der Waals surface area contributed by atoms with Crippen molar-refractivity contribution in [3.8, 4) is 0 Å². The van der Waals surface area contributed by atoms with E-state index in [4.69, 9.17) is 0 Å². The van der Waals surface area contributed by atoms with Gasteiger partial charge in [-0.15, -0.1) is 5.10 Å². The van der Waals surface area contributed by atoms with E-state index in [9.17, 15) is 0 Å². The molecule has 2 rings (SSSR count). The van der Waals surface area contributed by atoms with Gasteiger partial charge in [0, 0.05) is 25.8 Å². The van der Waals surface area contributed by atoms with Gasteiger partial charge in [0.2, 0.25) is 0 Å². The van der Waals surface area contributed by atoms with Crippen molar-refractivity contribution in [3.63, 3.8) is 0 Å². The van der Waals surface area contributed by atoms with E-state index in [1.165, 1.54) is 32.2 Å². The summed E-state index contributed by atoms with van der Waals surface area (Å²) in [5, 5.41) is 11.8. The Hall–Kier alpha value is -0.940. The lowest BCUT2D eigenvalue weighted by atomic mass is 10.1. The van der Waals surface area contributed by atoms with Gasteiger partial charge in [-0.1, -0.05) is 31.9 Å². The molecule has 0 atom stereocenters. The third-order valence-electron chi connectivity index (χ3n) is 4.20. The summed E-state index contributed by atoms with van der Waals surface area (Å²) in [6.07, 6.45) is 7.75. The van der Waals surface area contributed by atoms with Gasteiger partial charge >= 0.3 is 0 Å². The Morgan fingerprint density at radius 2 is 2.14 bits per heavy atom. The lowest BCUT2D eigenvalue weighted by molar-refractivity contribution is 0.263. The van der Waals surface area contributed by atoms with Crippen molar-refractivity contribution in [1.29, 1.82) is 0 Å². The van der Waals surface area contributed by atoms with Gasteiger partial charge in [0.25, 0.3) is 0 Å². The highest BCUT2D eigenvalue weighted by atomic mass is 15.4. The quantitative estimate of drug-likeness (QED) is 0.758. The van der Waals surface area contributed by atoms with E-state index < -0.39 is 0 Å². The van der Waals surface area contributed by atoms with E-state index in [1.54, 1.807) is 0 Å². The number of nitrogens with one attached hydrogen (secondary N) is 1. The average Bonchev–Trinajstić information content (AvgIpc) is 3.07. The minimum absolute atomic E-state index is 0.671. The maximum atomic E-state index is 4.23. The standard InChI is InChI=1S/C16H31N5/c1-14(2)10-17-11-16-13-21(19-18-16)9-8-20(3)12-15-6-4-5-7-15/h13-15,17H,4-12H2,1-3H3. The van der Waals surface area contributed by atoms with Gasteiger partial charge in [0.15, 0.2) is 0 Å². The van der Waals surface area contributed by atoms with Crippen LogP contribution in [0.5, 0.6) is 0 Å². The summed E-state index contributed by atoms with van der Waals surface area (Å²) in [6.45, 7) is 9.48. The fraction of sp³-hybridized carbons (Fsp3) is 0.875. The summed E-state index contributed by atoms with van der Waals surface area (Å²) < 4.78 is 1.97. The molecule has 1 saturated carbocycles. The molecule has 0 radical (unpaired) electrons. The lowest BCUT2D eigenvalue weighted by Crippen LogP contribution is -2.28. The number of likely N-dealkylation sites (N-methyl/N-ethyl adjacent to an activating group) is 1. The summed E-state index contributed by atoms with van der Waals surface area (Å²) in [5.74, 6) is 1.59. The molecule has 1 aliphatic rings. The third-order valence-corrected chi connectivity index (χ3v) is 4.20. The molecule has 0 aliphatic heterocycles. The summed E-state index contributed by atoms with van der Waals surface area (Å²) in [7, 11) is 2.22. The maximum Gasteiger partial charge on any atom is 0.0964 e. The Kier molecular flexibility index (Phi) is 6.64. The van der Waals surface area contributed by atoms with Gasteiger partial charge in [-0.25, -0.2) is 0 Å². The van der Waals surface area contributed by atoms with E-state index in [0.29, 0.717) is 5.92 Å². The molecule has 1 N–H and O–H groups in total. The van der Waals surface area contributed by atoms with E-state index in [1.807, 2.05) is 4.68 Å². The van der Waals surface area contributed by atoms with E-state index in [0.717, 1.165) is 37.8 Å². The molecule has 0 aromatic carbocycles. The van der Waals surface area contributed by atoms with Gasteiger partial charge < -0.3 is 10.2 Å². The average molecular weight is 293 g/mol. The van der Waals surface area contributed by atoms with Crippen molar-refractivity contribution in [3.05, 3.63) is 11.9 Å². The first-order valence-corrected chi connectivity index (χ1v) is 8.41. The molecule has 120 valence electrons. The van der Waals surface area contributed by atoms with E-state index in [2.05, 4.69) is 47.6 Å². The highest BCUT2D eigenvalue weighted by molar-refractivity contribution is 4.91. The number of rotatable bonds is 9. The number of aromatic nitrogens is 3. The van der Waals surface area contributed by atoms with Crippen LogP contribution in [0.15, 0.2) is 6.20 Å².